The molecule has 0 spiro atoms. The average molecular weight is 326 g/mol. The second-order valence-corrected chi connectivity index (χ2v) is 7.31. The molecular weight excluding hydrogens is 308 g/mol. The number of furan rings is 1. The minimum absolute atomic E-state index is 0.0649. The molecule has 7 nitrogen and oxygen atoms in total. The van der Waals surface area contributed by atoms with Crippen LogP contribution in [-0.2, 0) is 10.0 Å². The van der Waals surface area contributed by atoms with Gasteiger partial charge >= 0.3 is 0 Å². The summed E-state index contributed by atoms with van der Waals surface area (Å²) in [6.07, 6.45) is -0.662. The minimum atomic E-state index is -3.54. The molecule has 2 aromatic rings. The lowest BCUT2D eigenvalue weighted by Gasteiger charge is -2.10. The van der Waals surface area contributed by atoms with Crippen LogP contribution in [0.1, 0.15) is 17.5 Å². The number of nitrogens with one attached hydrogen (secondary N) is 1. The normalized spacial score (nSPS) is 13.5. The highest BCUT2D eigenvalue weighted by Crippen LogP contribution is 2.24. The summed E-state index contributed by atoms with van der Waals surface area (Å²) in [7, 11) is -0.646. The van der Waals surface area contributed by atoms with Crippen LogP contribution in [0.15, 0.2) is 33.6 Å². The van der Waals surface area contributed by atoms with E-state index in [-0.39, 0.29) is 17.2 Å². The molecule has 0 fully saturated rings. The predicted molar refractivity (Wildman–Crippen MR) is 81.1 cm³/mol. The number of fused-ring (bicyclic) bond motifs is 1. The number of benzene rings is 1. The van der Waals surface area contributed by atoms with E-state index in [1.165, 1.54) is 38.4 Å². The number of carbonyl (C=O) groups excluding carboxylic acids is 1. The van der Waals surface area contributed by atoms with E-state index in [1.54, 1.807) is 6.92 Å². The highest BCUT2D eigenvalue weighted by atomic mass is 32.2. The van der Waals surface area contributed by atoms with E-state index in [0.717, 1.165) is 4.31 Å². The van der Waals surface area contributed by atoms with E-state index in [9.17, 15) is 13.2 Å². The highest BCUT2D eigenvalue weighted by molar-refractivity contribution is 7.89. The number of hydrogen-bond donors (Lipinski definition) is 2. The van der Waals surface area contributed by atoms with Crippen LogP contribution < -0.4 is 5.32 Å². The first-order valence-corrected chi connectivity index (χ1v) is 8.08. The third-order valence-corrected chi connectivity index (χ3v) is 4.86. The first-order valence-electron chi connectivity index (χ1n) is 6.64. The largest absolute Gasteiger partial charge is 0.451 e. The molecule has 22 heavy (non-hydrogen) atoms. The van der Waals surface area contributed by atoms with Gasteiger partial charge in [-0.05, 0) is 31.2 Å². The second-order valence-electron chi connectivity index (χ2n) is 5.16. The summed E-state index contributed by atoms with van der Waals surface area (Å²) in [5.74, 6) is -0.399. The van der Waals surface area contributed by atoms with Crippen molar-refractivity contribution in [3.8, 4) is 0 Å². The van der Waals surface area contributed by atoms with Crippen LogP contribution in [0.2, 0.25) is 0 Å². The summed E-state index contributed by atoms with van der Waals surface area (Å²) >= 11 is 0. The molecule has 0 saturated heterocycles. The van der Waals surface area contributed by atoms with E-state index in [1.807, 2.05) is 0 Å². The molecular formula is C14H18N2O5S. The van der Waals surface area contributed by atoms with Crippen LogP contribution in [-0.4, -0.2) is 50.5 Å². The van der Waals surface area contributed by atoms with Crippen LogP contribution in [0.3, 0.4) is 0 Å². The van der Waals surface area contributed by atoms with Gasteiger partial charge in [0.05, 0.1) is 11.0 Å². The summed E-state index contributed by atoms with van der Waals surface area (Å²) in [5.41, 5.74) is 0.417. The minimum Gasteiger partial charge on any atom is -0.451 e. The predicted octanol–water partition coefficient (Wildman–Crippen LogP) is 0.794. The van der Waals surface area contributed by atoms with Gasteiger partial charge in [0.1, 0.15) is 5.58 Å². The van der Waals surface area contributed by atoms with E-state index in [4.69, 9.17) is 9.52 Å². The van der Waals surface area contributed by atoms with E-state index in [2.05, 4.69) is 5.32 Å². The molecule has 0 aliphatic carbocycles. The van der Waals surface area contributed by atoms with E-state index >= 15 is 0 Å². The molecule has 2 rings (SSSR count). The first kappa shape index (κ1) is 16.5. The van der Waals surface area contributed by atoms with Gasteiger partial charge in [-0.1, -0.05) is 0 Å². The fourth-order valence-electron chi connectivity index (χ4n) is 1.83. The van der Waals surface area contributed by atoms with Gasteiger partial charge in [-0.25, -0.2) is 12.7 Å². The number of rotatable bonds is 5. The number of sulfonamides is 1. The molecule has 0 bridgehead atoms. The zero-order valence-corrected chi connectivity index (χ0v) is 13.3. The number of nitrogens with zero attached hydrogens (tertiary/aromatic N) is 1. The third kappa shape index (κ3) is 3.29. The lowest BCUT2D eigenvalue weighted by molar-refractivity contribution is 0.0898. The Balaban J connectivity index is 2.34. The van der Waals surface area contributed by atoms with Crippen molar-refractivity contribution >= 4 is 26.9 Å². The molecule has 2 N–H and O–H groups in total. The zero-order valence-electron chi connectivity index (χ0n) is 12.5. The second kappa shape index (κ2) is 6.07. The van der Waals surface area contributed by atoms with Crippen molar-refractivity contribution in [3.05, 3.63) is 30.0 Å². The molecule has 120 valence electrons. The Labute approximate surface area is 128 Å². The Hall–Kier alpha value is -1.90. The lowest BCUT2D eigenvalue weighted by atomic mass is 10.2. The van der Waals surface area contributed by atoms with Crippen molar-refractivity contribution < 1.29 is 22.7 Å². The molecule has 1 aromatic heterocycles. The van der Waals surface area contributed by atoms with Gasteiger partial charge in [-0.2, -0.15) is 0 Å². The van der Waals surface area contributed by atoms with Gasteiger partial charge in [0.2, 0.25) is 10.0 Å². The van der Waals surface area contributed by atoms with Crippen LogP contribution in [0.25, 0.3) is 11.0 Å². The lowest BCUT2D eigenvalue weighted by Crippen LogP contribution is -2.30. The van der Waals surface area contributed by atoms with Gasteiger partial charge in [-0.15, -0.1) is 0 Å². The molecule has 1 heterocycles. The highest BCUT2D eigenvalue weighted by Gasteiger charge is 2.19. The Kier molecular flexibility index (Phi) is 4.55. The van der Waals surface area contributed by atoms with Crippen molar-refractivity contribution in [3.63, 3.8) is 0 Å². The average Bonchev–Trinajstić information content (AvgIpc) is 2.87. The molecule has 1 aromatic carbocycles. The van der Waals surface area contributed by atoms with Crippen molar-refractivity contribution in [1.29, 1.82) is 0 Å². The summed E-state index contributed by atoms with van der Waals surface area (Å²) in [5, 5.41) is 12.2. The molecule has 0 aliphatic heterocycles. The fourth-order valence-corrected chi connectivity index (χ4v) is 2.77. The standard InChI is InChI=1S/C14H18N2O5S/c1-9(17)8-15-14(18)13-7-10-6-11(4-5-12(10)21-13)22(19,20)16(2)3/h4-7,9,17H,8H2,1-3H3,(H,15,18). The summed E-state index contributed by atoms with van der Waals surface area (Å²) in [6.45, 7) is 1.66. The molecule has 0 saturated carbocycles. The third-order valence-electron chi connectivity index (χ3n) is 3.05. The van der Waals surface area contributed by atoms with Crippen LogP contribution >= 0.6 is 0 Å². The van der Waals surface area contributed by atoms with Crippen LogP contribution in [0.5, 0.6) is 0 Å². The first-order chi connectivity index (χ1) is 10.2. The molecule has 0 radical (unpaired) electrons. The quantitative estimate of drug-likeness (QED) is 0.846. The molecule has 8 heteroatoms. The van der Waals surface area contributed by atoms with Gasteiger partial charge < -0.3 is 14.8 Å². The van der Waals surface area contributed by atoms with E-state index in [0.29, 0.717) is 11.0 Å². The van der Waals surface area contributed by atoms with Crippen molar-refractivity contribution in [2.75, 3.05) is 20.6 Å². The number of hydrogen-bond acceptors (Lipinski definition) is 5. The van der Waals surface area contributed by atoms with Crippen molar-refractivity contribution in [2.24, 2.45) is 0 Å². The molecule has 0 aliphatic rings. The summed E-state index contributed by atoms with van der Waals surface area (Å²) in [6, 6.07) is 5.87. The van der Waals surface area contributed by atoms with E-state index < -0.39 is 22.0 Å². The fraction of sp³-hybridized carbons (Fsp3) is 0.357. The van der Waals surface area contributed by atoms with Gasteiger partial charge in [0.15, 0.2) is 5.76 Å². The smallest absolute Gasteiger partial charge is 0.287 e. The number of aliphatic hydroxyl groups is 1. The number of aliphatic hydroxyl groups excluding tert-OH is 1. The Bertz CT molecular complexity index is 793. The zero-order chi connectivity index (χ0) is 16.5. The van der Waals surface area contributed by atoms with Crippen LogP contribution in [0, 0.1) is 0 Å². The monoisotopic (exact) mass is 326 g/mol. The van der Waals surface area contributed by atoms with Gasteiger partial charge in [0.25, 0.3) is 5.91 Å². The topological polar surface area (TPSA) is 99.8 Å². The number of amides is 1. The van der Waals surface area contributed by atoms with Crippen LogP contribution in [0.4, 0.5) is 0 Å². The van der Waals surface area contributed by atoms with Crippen molar-refractivity contribution in [2.45, 2.75) is 17.9 Å². The van der Waals surface area contributed by atoms with Gasteiger partial charge in [0, 0.05) is 26.0 Å². The maximum absolute atomic E-state index is 12.1. The Morgan fingerprint density at radius 2 is 2.05 bits per heavy atom. The maximum Gasteiger partial charge on any atom is 0.287 e. The molecule has 1 amide bonds. The van der Waals surface area contributed by atoms with Crippen molar-refractivity contribution in [1.82, 2.24) is 9.62 Å². The molecule has 1 atom stereocenters. The Morgan fingerprint density at radius 1 is 1.36 bits per heavy atom. The van der Waals surface area contributed by atoms with Gasteiger partial charge in [-0.3, -0.25) is 4.79 Å². The maximum atomic E-state index is 12.1. The SMILES string of the molecule is CC(O)CNC(=O)c1cc2cc(S(=O)(=O)N(C)C)ccc2o1. The molecule has 1 unspecified atom stereocenters. The number of carbonyl (C=O) groups is 1. The summed E-state index contributed by atoms with van der Waals surface area (Å²) in [4.78, 5) is 12.0. The Morgan fingerprint density at radius 3 is 2.64 bits per heavy atom. The summed E-state index contributed by atoms with van der Waals surface area (Å²) < 4.78 is 30.7.